The number of carbonyl (C=O) groups is 3. The summed E-state index contributed by atoms with van der Waals surface area (Å²) >= 11 is 7.42. The van der Waals surface area contributed by atoms with Gasteiger partial charge in [-0.05, 0) is 67.2 Å². The van der Waals surface area contributed by atoms with Crippen molar-refractivity contribution in [3.8, 4) is 5.75 Å². The van der Waals surface area contributed by atoms with Crippen molar-refractivity contribution in [2.75, 3.05) is 6.61 Å². The molecular formula is C23H23ClO6S. The number of thiophene rings is 1. The summed E-state index contributed by atoms with van der Waals surface area (Å²) in [4.78, 5) is 35.7. The Bertz CT molecular complexity index is 996. The molecule has 0 aliphatic heterocycles. The number of rotatable bonds is 10. The molecule has 0 bridgehead atoms. The fourth-order valence-corrected chi connectivity index (χ4v) is 4.62. The Hall–Kier alpha value is -2.64. The van der Waals surface area contributed by atoms with E-state index in [1.165, 1.54) is 18.3 Å². The predicted molar refractivity (Wildman–Crippen MR) is 118 cm³/mol. The molecule has 0 radical (unpaired) electrons. The smallest absolute Gasteiger partial charge is 0.345 e. The number of halogens is 1. The highest BCUT2D eigenvalue weighted by molar-refractivity contribution is 7.13. The Labute approximate surface area is 189 Å². The summed E-state index contributed by atoms with van der Waals surface area (Å²) in [5.41, 5.74) is 0.710. The maximum atomic E-state index is 12.3. The zero-order chi connectivity index (χ0) is 22.4. The van der Waals surface area contributed by atoms with Gasteiger partial charge >= 0.3 is 11.9 Å². The molecule has 0 spiro atoms. The summed E-state index contributed by atoms with van der Waals surface area (Å²) in [5.74, 6) is -0.922. The number of hydrogen-bond donors (Lipinski definition) is 1. The molecule has 0 saturated carbocycles. The lowest BCUT2D eigenvalue weighted by Crippen LogP contribution is -2.23. The van der Waals surface area contributed by atoms with Crippen LogP contribution in [-0.4, -0.2) is 29.4 Å². The van der Waals surface area contributed by atoms with Crippen LogP contribution in [0.2, 0.25) is 5.02 Å². The van der Waals surface area contributed by atoms with Gasteiger partial charge in [0.2, 0.25) is 0 Å². The Morgan fingerprint density at radius 1 is 1.23 bits per heavy atom. The second kappa shape index (κ2) is 10.6. The lowest BCUT2D eigenvalue weighted by molar-refractivity contribution is -0.142. The Balaban J connectivity index is 1.53. The summed E-state index contributed by atoms with van der Waals surface area (Å²) < 4.78 is 10.9. The van der Waals surface area contributed by atoms with E-state index in [1.807, 2.05) is 12.1 Å². The van der Waals surface area contributed by atoms with E-state index in [1.54, 1.807) is 30.3 Å². The van der Waals surface area contributed by atoms with Gasteiger partial charge in [0.05, 0.1) is 12.5 Å². The van der Waals surface area contributed by atoms with Crippen LogP contribution in [0.5, 0.6) is 5.75 Å². The van der Waals surface area contributed by atoms with Crippen molar-refractivity contribution in [1.82, 2.24) is 0 Å². The van der Waals surface area contributed by atoms with Crippen molar-refractivity contribution in [3.63, 3.8) is 0 Å². The van der Waals surface area contributed by atoms with E-state index in [2.05, 4.69) is 0 Å². The summed E-state index contributed by atoms with van der Waals surface area (Å²) in [6, 6.07) is 8.57. The van der Waals surface area contributed by atoms with Crippen molar-refractivity contribution < 1.29 is 29.0 Å². The van der Waals surface area contributed by atoms with E-state index in [-0.39, 0.29) is 36.8 Å². The Kier molecular flexibility index (Phi) is 7.87. The SMILES string of the molecule is CC(=O)OCc1cc(Cl)cc(OC[C@H]2C(=O)C=C[C@@H]2CCCc2ccc(C(=O)O)s2)c1. The van der Waals surface area contributed by atoms with Crippen molar-refractivity contribution in [3.05, 3.63) is 62.8 Å². The zero-order valence-corrected chi connectivity index (χ0v) is 18.6. The largest absolute Gasteiger partial charge is 0.493 e. The maximum Gasteiger partial charge on any atom is 0.345 e. The summed E-state index contributed by atoms with van der Waals surface area (Å²) in [7, 11) is 0. The first-order valence-electron chi connectivity index (χ1n) is 9.91. The Morgan fingerprint density at radius 3 is 2.74 bits per heavy atom. The van der Waals surface area contributed by atoms with Crippen LogP contribution in [-0.2, 0) is 27.4 Å². The minimum absolute atomic E-state index is 0.0384. The second-order valence-electron chi connectivity index (χ2n) is 7.38. The lowest BCUT2D eigenvalue weighted by atomic mass is 9.90. The lowest BCUT2D eigenvalue weighted by Gasteiger charge is -2.19. The molecule has 6 nitrogen and oxygen atoms in total. The monoisotopic (exact) mass is 462 g/mol. The number of carboxylic acid groups (broad SMARTS) is 1. The minimum Gasteiger partial charge on any atom is -0.493 e. The maximum absolute atomic E-state index is 12.3. The molecule has 31 heavy (non-hydrogen) atoms. The highest BCUT2D eigenvalue weighted by Gasteiger charge is 2.30. The van der Waals surface area contributed by atoms with Crippen LogP contribution in [0.15, 0.2) is 42.5 Å². The minimum atomic E-state index is -0.908. The number of carbonyl (C=O) groups excluding carboxylic acids is 2. The van der Waals surface area contributed by atoms with Gasteiger partial charge in [-0.1, -0.05) is 17.7 Å². The number of aryl methyl sites for hydroxylation is 1. The molecule has 8 heteroatoms. The van der Waals surface area contributed by atoms with Crippen molar-refractivity contribution in [1.29, 1.82) is 0 Å². The van der Waals surface area contributed by atoms with Gasteiger partial charge in [-0.25, -0.2) is 4.79 Å². The molecule has 0 saturated heterocycles. The van der Waals surface area contributed by atoms with Gasteiger partial charge in [0.15, 0.2) is 5.78 Å². The van der Waals surface area contributed by atoms with Crippen LogP contribution >= 0.6 is 22.9 Å². The molecule has 1 N–H and O–H groups in total. The Morgan fingerprint density at radius 2 is 2.03 bits per heavy atom. The number of benzene rings is 1. The fourth-order valence-electron chi connectivity index (χ4n) is 3.49. The van der Waals surface area contributed by atoms with E-state index in [9.17, 15) is 14.4 Å². The van der Waals surface area contributed by atoms with Gasteiger partial charge in [-0.2, -0.15) is 0 Å². The van der Waals surface area contributed by atoms with Gasteiger partial charge in [0.1, 0.15) is 17.2 Å². The van der Waals surface area contributed by atoms with Gasteiger partial charge in [-0.3, -0.25) is 9.59 Å². The molecule has 2 aromatic rings. The van der Waals surface area contributed by atoms with Crippen LogP contribution in [0.1, 0.15) is 39.9 Å². The van der Waals surface area contributed by atoms with Crippen LogP contribution < -0.4 is 4.74 Å². The topological polar surface area (TPSA) is 89.9 Å². The number of allylic oxidation sites excluding steroid dienone is 2. The molecule has 1 aliphatic carbocycles. The number of ether oxygens (including phenoxy) is 2. The zero-order valence-electron chi connectivity index (χ0n) is 17.0. The normalized spacial score (nSPS) is 17.7. The van der Waals surface area contributed by atoms with Crippen molar-refractivity contribution in [2.45, 2.75) is 32.8 Å². The number of esters is 1. The quantitative estimate of drug-likeness (QED) is 0.503. The molecule has 1 aromatic carbocycles. The third kappa shape index (κ3) is 6.67. The van der Waals surface area contributed by atoms with Crippen molar-refractivity contribution >= 4 is 40.7 Å². The van der Waals surface area contributed by atoms with Crippen LogP contribution in [0.25, 0.3) is 0 Å². The fraction of sp³-hybridized carbons (Fsp3) is 0.348. The number of carboxylic acids is 1. The first-order chi connectivity index (χ1) is 14.8. The van der Waals surface area contributed by atoms with Crippen LogP contribution in [0.3, 0.4) is 0 Å². The first kappa shape index (κ1) is 23.0. The van der Waals surface area contributed by atoms with E-state index in [0.29, 0.717) is 21.2 Å². The van der Waals surface area contributed by atoms with Gasteiger partial charge in [0, 0.05) is 16.8 Å². The third-order valence-corrected chi connectivity index (χ3v) is 6.38. The van der Waals surface area contributed by atoms with Crippen molar-refractivity contribution in [2.24, 2.45) is 11.8 Å². The second-order valence-corrected chi connectivity index (χ2v) is 8.99. The van der Waals surface area contributed by atoms with Gasteiger partial charge in [-0.15, -0.1) is 11.3 Å². The molecular weight excluding hydrogens is 440 g/mol. The average Bonchev–Trinajstić information content (AvgIpc) is 3.32. The highest BCUT2D eigenvalue weighted by atomic mass is 35.5. The van der Waals surface area contributed by atoms with E-state index in [0.717, 1.165) is 24.1 Å². The molecule has 0 unspecified atom stereocenters. The molecule has 0 fully saturated rings. The van der Waals surface area contributed by atoms with Gasteiger partial charge < -0.3 is 14.6 Å². The third-order valence-electron chi connectivity index (χ3n) is 5.03. The molecule has 2 atom stereocenters. The van der Waals surface area contributed by atoms with E-state index in [4.69, 9.17) is 26.2 Å². The highest BCUT2D eigenvalue weighted by Crippen LogP contribution is 2.30. The summed E-state index contributed by atoms with van der Waals surface area (Å²) in [6.45, 7) is 1.67. The first-order valence-corrected chi connectivity index (χ1v) is 11.1. The number of hydrogen-bond acceptors (Lipinski definition) is 6. The summed E-state index contributed by atoms with van der Waals surface area (Å²) in [6.07, 6.45) is 5.97. The molecule has 1 heterocycles. The molecule has 164 valence electrons. The molecule has 1 aromatic heterocycles. The molecule has 0 amide bonds. The predicted octanol–water partition coefficient (Wildman–Crippen LogP) is 4.94. The molecule has 1 aliphatic rings. The van der Waals surface area contributed by atoms with Crippen LogP contribution in [0, 0.1) is 11.8 Å². The molecule has 3 rings (SSSR count). The van der Waals surface area contributed by atoms with E-state index >= 15 is 0 Å². The number of ketones is 1. The van der Waals surface area contributed by atoms with Crippen LogP contribution in [0.4, 0.5) is 0 Å². The number of aromatic carboxylic acids is 1. The standard InChI is InChI=1S/C23H23ClO6S/c1-14(25)29-12-15-9-17(24)11-18(10-15)30-13-20-16(5-7-21(20)26)3-2-4-19-6-8-22(31-19)23(27)28/h5-11,16,20H,2-4,12-13H2,1H3,(H,27,28)/t16-,20+/m0/s1. The summed E-state index contributed by atoms with van der Waals surface area (Å²) in [5, 5.41) is 9.48. The van der Waals surface area contributed by atoms with E-state index < -0.39 is 5.97 Å². The van der Waals surface area contributed by atoms with Gasteiger partial charge in [0.25, 0.3) is 0 Å². The average molecular weight is 463 g/mol.